The van der Waals surface area contributed by atoms with Crippen molar-refractivity contribution >= 4 is 6.03 Å². The maximum absolute atomic E-state index is 11.6. The molecule has 0 aromatic heterocycles. The van der Waals surface area contributed by atoms with Gasteiger partial charge in [0.2, 0.25) is 0 Å². The summed E-state index contributed by atoms with van der Waals surface area (Å²) in [4.78, 5) is 14.2. The van der Waals surface area contributed by atoms with E-state index < -0.39 is 0 Å². The second kappa shape index (κ2) is 10.00. The van der Waals surface area contributed by atoms with Gasteiger partial charge in [-0.1, -0.05) is 6.42 Å². The van der Waals surface area contributed by atoms with Gasteiger partial charge in [-0.15, -0.1) is 0 Å². The van der Waals surface area contributed by atoms with Crippen molar-refractivity contribution in [2.45, 2.75) is 64.5 Å². The molecule has 2 amide bonds. The fourth-order valence-corrected chi connectivity index (χ4v) is 2.72. The molecule has 2 unspecified atom stereocenters. The highest BCUT2D eigenvalue weighted by Gasteiger charge is 2.17. The van der Waals surface area contributed by atoms with Crippen LogP contribution in [0.2, 0.25) is 0 Å². The maximum Gasteiger partial charge on any atom is 0.314 e. The normalized spacial score (nSPS) is 21.4. The molecule has 0 bridgehead atoms. The van der Waals surface area contributed by atoms with Gasteiger partial charge in [0, 0.05) is 31.8 Å². The molecule has 0 aliphatic carbocycles. The van der Waals surface area contributed by atoms with Crippen LogP contribution in [0.1, 0.15) is 52.4 Å². The van der Waals surface area contributed by atoms with Crippen LogP contribution in [0.15, 0.2) is 0 Å². The van der Waals surface area contributed by atoms with E-state index in [1.165, 1.54) is 25.8 Å². The topological polar surface area (TPSA) is 64.6 Å². The van der Waals surface area contributed by atoms with Crippen molar-refractivity contribution in [1.29, 1.82) is 0 Å². The van der Waals surface area contributed by atoms with Gasteiger partial charge in [0.25, 0.3) is 0 Å². The molecule has 0 radical (unpaired) electrons. The Morgan fingerprint density at radius 2 is 2.20 bits per heavy atom. The molecule has 1 heterocycles. The van der Waals surface area contributed by atoms with Crippen molar-refractivity contribution in [2.75, 3.05) is 26.2 Å². The number of urea groups is 1. The van der Waals surface area contributed by atoms with E-state index in [0.29, 0.717) is 6.04 Å². The highest BCUT2D eigenvalue weighted by Crippen LogP contribution is 2.15. The van der Waals surface area contributed by atoms with Gasteiger partial charge >= 0.3 is 6.03 Å². The molecule has 2 atom stereocenters. The van der Waals surface area contributed by atoms with E-state index in [4.69, 9.17) is 5.11 Å². The first-order chi connectivity index (χ1) is 9.63. The van der Waals surface area contributed by atoms with Crippen LogP contribution in [-0.2, 0) is 0 Å². The van der Waals surface area contributed by atoms with E-state index in [9.17, 15) is 4.79 Å². The summed E-state index contributed by atoms with van der Waals surface area (Å²) < 4.78 is 0. The van der Waals surface area contributed by atoms with E-state index in [0.717, 1.165) is 32.4 Å². The van der Waals surface area contributed by atoms with Crippen LogP contribution in [0.25, 0.3) is 0 Å². The Kier molecular flexibility index (Phi) is 8.62. The molecule has 1 aliphatic heterocycles. The van der Waals surface area contributed by atoms with Gasteiger partial charge in [0.1, 0.15) is 0 Å². The average molecular weight is 285 g/mol. The van der Waals surface area contributed by atoms with E-state index in [1.54, 1.807) is 0 Å². The summed E-state index contributed by atoms with van der Waals surface area (Å²) in [6.07, 6.45) is 6.51. The van der Waals surface area contributed by atoms with Gasteiger partial charge < -0.3 is 20.6 Å². The number of nitrogens with zero attached hydrogens (tertiary/aromatic N) is 1. The Hall–Kier alpha value is -0.810. The molecule has 0 spiro atoms. The maximum atomic E-state index is 11.6. The van der Waals surface area contributed by atoms with Crippen molar-refractivity contribution in [2.24, 2.45) is 0 Å². The van der Waals surface area contributed by atoms with Gasteiger partial charge in [-0.05, 0) is 52.5 Å². The number of hydrogen-bond acceptors (Lipinski definition) is 3. The number of carbonyl (C=O) groups excluding carboxylic acids is 1. The predicted octanol–water partition coefficient (Wildman–Crippen LogP) is 1.71. The summed E-state index contributed by atoms with van der Waals surface area (Å²) in [5.74, 6) is 0. The van der Waals surface area contributed by atoms with E-state index in [2.05, 4.69) is 22.5 Å². The summed E-state index contributed by atoms with van der Waals surface area (Å²) in [6, 6.07) is 0.711. The number of amides is 2. The number of carbonyl (C=O) groups is 1. The third-order valence-corrected chi connectivity index (χ3v) is 4.02. The van der Waals surface area contributed by atoms with Gasteiger partial charge in [-0.3, -0.25) is 0 Å². The molecule has 0 saturated carbocycles. The third-order valence-electron chi connectivity index (χ3n) is 4.02. The zero-order chi connectivity index (χ0) is 14.8. The van der Waals surface area contributed by atoms with Crippen molar-refractivity contribution in [1.82, 2.24) is 15.5 Å². The van der Waals surface area contributed by atoms with E-state index in [-0.39, 0.29) is 18.7 Å². The molecule has 118 valence electrons. The van der Waals surface area contributed by atoms with Crippen LogP contribution >= 0.6 is 0 Å². The summed E-state index contributed by atoms with van der Waals surface area (Å²) in [5, 5.41) is 14.5. The lowest BCUT2D eigenvalue weighted by Crippen LogP contribution is -2.43. The Morgan fingerprint density at radius 3 is 2.90 bits per heavy atom. The van der Waals surface area contributed by atoms with Crippen LogP contribution < -0.4 is 10.6 Å². The first-order valence-electron chi connectivity index (χ1n) is 8.02. The standard InChI is InChI=1S/C15H31N3O2/c1-13(7-5-12-19)17-15(20)16-9-6-11-18-10-4-3-8-14(18)2/h13-14,19H,3-12H2,1-2H3,(H2,16,17,20). The molecule has 20 heavy (non-hydrogen) atoms. The van der Waals surface area contributed by atoms with Crippen molar-refractivity contribution in [3.05, 3.63) is 0 Å². The molecule has 1 aliphatic rings. The van der Waals surface area contributed by atoms with Crippen LogP contribution in [0.3, 0.4) is 0 Å². The molecule has 0 aromatic carbocycles. The minimum Gasteiger partial charge on any atom is -0.396 e. The predicted molar refractivity (Wildman–Crippen MR) is 81.8 cm³/mol. The van der Waals surface area contributed by atoms with Gasteiger partial charge in [0.15, 0.2) is 0 Å². The van der Waals surface area contributed by atoms with Crippen LogP contribution in [0.5, 0.6) is 0 Å². The third kappa shape index (κ3) is 7.10. The molecule has 0 aromatic rings. The molecule has 1 fully saturated rings. The molecular weight excluding hydrogens is 254 g/mol. The first-order valence-corrected chi connectivity index (χ1v) is 8.02. The Balaban J connectivity index is 2.03. The zero-order valence-electron chi connectivity index (χ0n) is 13.0. The Labute approximate surface area is 123 Å². The number of aliphatic hydroxyl groups is 1. The van der Waals surface area contributed by atoms with Crippen LogP contribution in [-0.4, -0.2) is 54.4 Å². The minimum atomic E-state index is -0.0952. The zero-order valence-corrected chi connectivity index (χ0v) is 13.0. The summed E-state index contributed by atoms with van der Waals surface area (Å²) in [6.45, 7) is 7.43. The number of aliphatic hydroxyl groups excluding tert-OH is 1. The van der Waals surface area contributed by atoms with Crippen molar-refractivity contribution in [3.8, 4) is 0 Å². The quantitative estimate of drug-likeness (QED) is 0.595. The van der Waals surface area contributed by atoms with Crippen molar-refractivity contribution < 1.29 is 9.90 Å². The molecule has 5 heteroatoms. The van der Waals surface area contributed by atoms with Gasteiger partial charge in [0.05, 0.1) is 0 Å². The lowest BCUT2D eigenvalue weighted by molar-refractivity contribution is 0.159. The smallest absolute Gasteiger partial charge is 0.314 e. The van der Waals surface area contributed by atoms with E-state index in [1.807, 2.05) is 6.92 Å². The lowest BCUT2D eigenvalue weighted by atomic mass is 10.0. The highest BCUT2D eigenvalue weighted by atomic mass is 16.3. The molecule has 1 rings (SSSR count). The molecule has 5 nitrogen and oxygen atoms in total. The average Bonchev–Trinajstić information content (AvgIpc) is 2.43. The summed E-state index contributed by atoms with van der Waals surface area (Å²) in [7, 11) is 0. The fourth-order valence-electron chi connectivity index (χ4n) is 2.72. The highest BCUT2D eigenvalue weighted by molar-refractivity contribution is 5.74. The van der Waals surface area contributed by atoms with Crippen LogP contribution in [0.4, 0.5) is 4.79 Å². The molecule has 3 N–H and O–H groups in total. The Morgan fingerprint density at radius 1 is 1.40 bits per heavy atom. The van der Waals surface area contributed by atoms with Gasteiger partial charge in [-0.25, -0.2) is 4.79 Å². The summed E-state index contributed by atoms with van der Waals surface area (Å²) in [5.41, 5.74) is 0. The van der Waals surface area contributed by atoms with Gasteiger partial charge in [-0.2, -0.15) is 0 Å². The summed E-state index contributed by atoms with van der Waals surface area (Å²) >= 11 is 0. The van der Waals surface area contributed by atoms with Crippen molar-refractivity contribution in [3.63, 3.8) is 0 Å². The number of nitrogens with one attached hydrogen (secondary N) is 2. The SMILES string of the molecule is CC(CCCO)NC(=O)NCCCN1CCCCC1C. The second-order valence-corrected chi connectivity index (χ2v) is 5.90. The number of piperidine rings is 1. The number of rotatable bonds is 8. The molecule has 1 saturated heterocycles. The Bertz CT molecular complexity index is 274. The minimum absolute atomic E-state index is 0.0952. The molecular formula is C15H31N3O2. The fraction of sp³-hybridized carbons (Fsp3) is 0.933. The monoisotopic (exact) mass is 285 g/mol. The number of hydrogen-bond donors (Lipinski definition) is 3. The van der Waals surface area contributed by atoms with Crippen LogP contribution in [0, 0.1) is 0 Å². The first kappa shape index (κ1) is 17.2. The largest absolute Gasteiger partial charge is 0.396 e. The second-order valence-electron chi connectivity index (χ2n) is 5.90. The van der Waals surface area contributed by atoms with E-state index >= 15 is 0 Å². The lowest BCUT2D eigenvalue weighted by Gasteiger charge is -2.33. The number of likely N-dealkylation sites (tertiary alicyclic amines) is 1.